The number of amides is 1. The molecule has 1 N–H and O–H groups in total. The average molecular weight is 386 g/mol. The first-order chi connectivity index (χ1) is 13.0. The summed E-state index contributed by atoms with van der Waals surface area (Å²) in [5.41, 5.74) is 1.19. The predicted octanol–water partition coefficient (Wildman–Crippen LogP) is 4.00. The lowest BCUT2D eigenvalue weighted by Crippen LogP contribution is -2.15. The molecule has 0 radical (unpaired) electrons. The third-order valence-corrected chi connectivity index (χ3v) is 4.67. The number of carbonyl (C=O) groups excluding carboxylic acids is 1. The number of nitro groups is 1. The number of nitrogens with zero attached hydrogens (tertiary/aromatic N) is 3. The Labute approximate surface area is 158 Å². The number of fused-ring (bicyclic) bond motifs is 1. The van der Waals surface area contributed by atoms with E-state index in [0.717, 1.165) is 29.2 Å². The Kier molecular flexibility index (Phi) is 5.51. The third kappa shape index (κ3) is 4.14. The number of benzene rings is 2. The summed E-state index contributed by atoms with van der Waals surface area (Å²) in [4.78, 5) is 26.8. The number of nitrogens with one attached hydrogen (secondary N) is 1. The van der Waals surface area contributed by atoms with E-state index < -0.39 is 16.6 Å². The fraction of sp³-hybridized carbons (Fsp3) is 0.111. The molecule has 0 spiro atoms. The van der Waals surface area contributed by atoms with Gasteiger partial charge in [0.15, 0.2) is 5.16 Å². The van der Waals surface area contributed by atoms with Crippen LogP contribution in [0.2, 0.25) is 0 Å². The summed E-state index contributed by atoms with van der Waals surface area (Å²) < 4.78 is 15.7. The smallest absolute Gasteiger partial charge is 0.271 e. The van der Waals surface area contributed by atoms with Crippen LogP contribution in [0.4, 0.5) is 15.8 Å². The van der Waals surface area contributed by atoms with Gasteiger partial charge >= 0.3 is 0 Å². The molecular weight excluding hydrogens is 371 g/mol. The number of non-ortho nitro benzene ring substituents is 1. The van der Waals surface area contributed by atoms with E-state index in [1.807, 2.05) is 28.8 Å². The third-order valence-electron chi connectivity index (χ3n) is 3.70. The largest absolute Gasteiger partial charge is 0.323 e. The number of carbonyl (C=O) groups is 1. The Morgan fingerprint density at radius 1 is 1.37 bits per heavy atom. The first kappa shape index (κ1) is 18.6. The van der Waals surface area contributed by atoms with Crippen LogP contribution in [0.25, 0.3) is 11.0 Å². The number of aromatic nitrogens is 2. The zero-order valence-electron chi connectivity index (χ0n) is 14.1. The molecule has 0 saturated carbocycles. The molecule has 7 nitrogen and oxygen atoms in total. The van der Waals surface area contributed by atoms with Crippen LogP contribution >= 0.6 is 11.8 Å². The van der Waals surface area contributed by atoms with Crippen LogP contribution < -0.4 is 5.32 Å². The number of hydrogen-bond donors (Lipinski definition) is 1. The van der Waals surface area contributed by atoms with Crippen molar-refractivity contribution in [1.82, 2.24) is 9.55 Å². The van der Waals surface area contributed by atoms with Crippen LogP contribution in [-0.2, 0) is 11.3 Å². The molecule has 0 bridgehead atoms. The molecule has 0 aliphatic rings. The molecule has 1 amide bonds. The lowest BCUT2D eigenvalue weighted by atomic mass is 10.2. The van der Waals surface area contributed by atoms with Gasteiger partial charge in [-0.15, -0.1) is 6.58 Å². The Hall–Kier alpha value is -3.20. The quantitative estimate of drug-likeness (QED) is 0.287. The molecule has 0 aliphatic carbocycles. The molecule has 1 heterocycles. The second-order valence-electron chi connectivity index (χ2n) is 5.54. The number of halogens is 1. The minimum absolute atomic E-state index is 0.0252. The predicted molar refractivity (Wildman–Crippen MR) is 102 cm³/mol. The molecule has 3 rings (SSSR count). The Balaban J connectivity index is 1.74. The Morgan fingerprint density at radius 2 is 2.15 bits per heavy atom. The van der Waals surface area contributed by atoms with Gasteiger partial charge in [-0.25, -0.2) is 9.37 Å². The lowest BCUT2D eigenvalue weighted by Gasteiger charge is -2.07. The highest BCUT2D eigenvalue weighted by Crippen LogP contribution is 2.25. The van der Waals surface area contributed by atoms with Crippen LogP contribution in [0.5, 0.6) is 0 Å². The summed E-state index contributed by atoms with van der Waals surface area (Å²) in [6.45, 7) is 4.26. The second kappa shape index (κ2) is 8.00. The fourth-order valence-electron chi connectivity index (χ4n) is 2.51. The molecule has 0 atom stereocenters. The number of hydrogen-bond acceptors (Lipinski definition) is 5. The van der Waals surface area contributed by atoms with Gasteiger partial charge in [0.1, 0.15) is 5.82 Å². The fourth-order valence-corrected chi connectivity index (χ4v) is 3.33. The van der Waals surface area contributed by atoms with E-state index in [1.54, 1.807) is 6.08 Å². The number of allylic oxidation sites excluding steroid dienone is 1. The second-order valence-corrected chi connectivity index (χ2v) is 6.48. The van der Waals surface area contributed by atoms with E-state index in [4.69, 9.17) is 0 Å². The summed E-state index contributed by atoms with van der Waals surface area (Å²) in [6.07, 6.45) is 1.73. The first-order valence-electron chi connectivity index (χ1n) is 7.92. The number of nitro benzene ring substituents is 1. The van der Waals surface area contributed by atoms with Crippen LogP contribution in [0.3, 0.4) is 0 Å². The zero-order valence-corrected chi connectivity index (χ0v) is 14.9. The summed E-state index contributed by atoms with van der Waals surface area (Å²) in [6, 6.07) is 10.5. The highest BCUT2D eigenvalue weighted by atomic mass is 32.2. The van der Waals surface area contributed by atoms with Crippen LogP contribution in [0, 0.1) is 15.9 Å². The minimum Gasteiger partial charge on any atom is -0.323 e. The lowest BCUT2D eigenvalue weighted by molar-refractivity contribution is -0.384. The molecule has 0 saturated heterocycles. The van der Waals surface area contributed by atoms with Crippen molar-refractivity contribution in [3.63, 3.8) is 0 Å². The highest BCUT2D eigenvalue weighted by molar-refractivity contribution is 7.99. The Bertz CT molecular complexity index is 1030. The van der Waals surface area contributed by atoms with Gasteiger partial charge in [-0.3, -0.25) is 14.9 Å². The van der Waals surface area contributed by atoms with Gasteiger partial charge in [0.2, 0.25) is 5.91 Å². The Morgan fingerprint density at radius 3 is 2.89 bits per heavy atom. The van der Waals surface area contributed by atoms with E-state index >= 15 is 0 Å². The van der Waals surface area contributed by atoms with E-state index in [1.165, 1.54) is 11.8 Å². The number of thioether (sulfide) groups is 1. The van der Waals surface area contributed by atoms with Gasteiger partial charge in [0.25, 0.3) is 5.69 Å². The van der Waals surface area contributed by atoms with Crippen molar-refractivity contribution in [2.75, 3.05) is 11.1 Å². The maximum atomic E-state index is 13.8. The van der Waals surface area contributed by atoms with Crippen molar-refractivity contribution in [2.24, 2.45) is 0 Å². The molecule has 0 aliphatic heterocycles. The van der Waals surface area contributed by atoms with Crippen molar-refractivity contribution < 1.29 is 14.1 Å². The average Bonchev–Trinajstić information content (AvgIpc) is 3.00. The van der Waals surface area contributed by atoms with Crippen LogP contribution in [-0.4, -0.2) is 26.1 Å². The first-order valence-corrected chi connectivity index (χ1v) is 8.91. The summed E-state index contributed by atoms with van der Waals surface area (Å²) >= 11 is 1.19. The number of rotatable bonds is 7. The number of imidazole rings is 1. The molecule has 2 aromatic carbocycles. The molecular formula is C18H15FN4O3S. The standard InChI is InChI=1S/C18H15FN4O3S/c1-2-9-22-16-6-4-3-5-14(16)21-18(22)27-11-17(24)20-15-10-12(23(25)26)7-8-13(15)19/h2-8,10H,1,9,11H2,(H,20,24). The van der Waals surface area contributed by atoms with Crippen molar-refractivity contribution in [1.29, 1.82) is 0 Å². The van der Waals surface area contributed by atoms with Crippen LogP contribution in [0.15, 0.2) is 60.3 Å². The van der Waals surface area contributed by atoms with Crippen molar-refractivity contribution in [2.45, 2.75) is 11.7 Å². The molecule has 9 heteroatoms. The maximum absolute atomic E-state index is 13.8. The SMILES string of the molecule is C=CCn1c(SCC(=O)Nc2cc([N+](=O)[O-])ccc2F)nc2ccccc21. The molecule has 1 aromatic heterocycles. The summed E-state index contributed by atoms with van der Waals surface area (Å²) in [5.74, 6) is -1.25. The van der Waals surface area contributed by atoms with Gasteiger partial charge in [0, 0.05) is 18.7 Å². The molecule has 0 fully saturated rings. The van der Waals surface area contributed by atoms with Gasteiger partial charge in [-0.05, 0) is 18.2 Å². The van der Waals surface area contributed by atoms with Gasteiger partial charge in [0.05, 0.1) is 27.4 Å². The molecule has 27 heavy (non-hydrogen) atoms. The topological polar surface area (TPSA) is 90.1 Å². The molecule has 138 valence electrons. The number of para-hydroxylation sites is 2. The van der Waals surface area contributed by atoms with Crippen LogP contribution in [0.1, 0.15) is 0 Å². The number of anilines is 1. The summed E-state index contributed by atoms with van der Waals surface area (Å²) in [5, 5.41) is 13.8. The highest BCUT2D eigenvalue weighted by Gasteiger charge is 2.15. The molecule has 3 aromatic rings. The van der Waals surface area contributed by atoms with Gasteiger partial charge in [-0.1, -0.05) is 30.0 Å². The summed E-state index contributed by atoms with van der Waals surface area (Å²) in [7, 11) is 0. The van der Waals surface area contributed by atoms with E-state index in [0.29, 0.717) is 11.7 Å². The minimum atomic E-state index is -0.738. The van der Waals surface area contributed by atoms with Gasteiger partial charge < -0.3 is 9.88 Å². The monoisotopic (exact) mass is 386 g/mol. The maximum Gasteiger partial charge on any atom is 0.271 e. The van der Waals surface area contributed by atoms with Crippen molar-refractivity contribution >= 4 is 40.1 Å². The van der Waals surface area contributed by atoms with Crippen molar-refractivity contribution in [3.05, 3.63) is 71.1 Å². The zero-order chi connectivity index (χ0) is 19.4. The van der Waals surface area contributed by atoms with E-state index in [2.05, 4.69) is 16.9 Å². The van der Waals surface area contributed by atoms with E-state index in [-0.39, 0.29) is 17.1 Å². The van der Waals surface area contributed by atoms with Gasteiger partial charge in [-0.2, -0.15) is 0 Å². The van der Waals surface area contributed by atoms with E-state index in [9.17, 15) is 19.3 Å². The normalized spacial score (nSPS) is 10.7. The molecule has 0 unspecified atom stereocenters. The van der Waals surface area contributed by atoms with Crippen molar-refractivity contribution in [3.8, 4) is 0 Å².